The summed E-state index contributed by atoms with van der Waals surface area (Å²) < 4.78 is 33.4. The van der Waals surface area contributed by atoms with E-state index < -0.39 is 75.7 Å². The van der Waals surface area contributed by atoms with Gasteiger partial charge in [-0.05, 0) is 38.5 Å². The highest BCUT2D eigenvalue weighted by molar-refractivity contribution is 7.47. The fourth-order valence-corrected chi connectivity index (χ4v) is 7.55. The summed E-state index contributed by atoms with van der Waals surface area (Å²) in [5, 5.41) is 50.0. The van der Waals surface area contributed by atoms with Crippen molar-refractivity contribution in [2.24, 2.45) is 0 Å². The number of phosphoric ester groups is 1. The Labute approximate surface area is 331 Å². The number of allylic oxidation sites excluding steroid dienone is 2. The van der Waals surface area contributed by atoms with Crippen molar-refractivity contribution in [2.75, 3.05) is 13.2 Å². The molecule has 0 spiro atoms. The topological polar surface area (TPSA) is 210 Å². The summed E-state index contributed by atoms with van der Waals surface area (Å²) >= 11 is 0. The Balaban J connectivity index is 2.47. The van der Waals surface area contributed by atoms with E-state index in [0.29, 0.717) is 12.8 Å². The van der Waals surface area contributed by atoms with Gasteiger partial charge in [-0.2, -0.15) is 0 Å². The molecule has 1 aliphatic rings. The number of rotatable bonds is 35. The van der Waals surface area contributed by atoms with Crippen molar-refractivity contribution in [2.45, 2.75) is 224 Å². The van der Waals surface area contributed by atoms with Gasteiger partial charge in [-0.1, -0.05) is 142 Å². The van der Waals surface area contributed by atoms with Crippen molar-refractivity contribution >= 4 is 19.8 Å². The molecule has 0 bridgehead atoms. The van der Waals surface area contributed by atoms with Crippen LogP contribution >= 0.6 is 7.82 Å². The van der Waals surface area contributed by atoms with Crippen molar-refractivity contribution < 1.29 is 63.1 Å². The first kappa shape index (κ1) is 51.6. The number of hydrogen-bond acceptors (Lipinski definition) is 12. The molecule has 8 atom stereocenters. The maximum absolute atomic E-state index is 12.8. The van der Waals surface area contributed by atoms with Gasteiger partial charge in [0.15, 0.2) is 6.10 Å². The normalized spacial score (nSPS) is 23.1. The Morgan fingerprint density at radius 2 is 0.927 bits per heavy atom. The monoisotopic (exact) mass is 809 g/mol. The van der Waals surface area contributed by atoms with Crippen LogP contribution in [0.25, 0.3) is 0 Å². The predicted octanol–water partition coefficient (Wildman–Crippen LogP) is 7.50. The molecule has 0 heterocycles. The Bertz CT molecular complexity index is 1030. The maximum Gasteiger partial charge on any atom is 0.472 e. The minimum absolute atomic E-state index is 0.0954. The third-order valence-corrected chi connectivity index (χ3v) is 11.1. The average molecular weight is 809 g/mol. The molecule has 55 heavy (non-hydrogen) atoms. The van der Waals surface area contributed by atoms with Crippen molar-refractivity contribution in [3.8, 4) is 0 Å². The van der Waals surface area contributed by atoms with E-state index in [0.717, 1.165) is 51.4 Å². The molecule has 6 N–H and O–H groups in total. The first-order valence-electron chi connectivity index (χ1n) is 21.5. The Morgan fingerprint density at radius 1 is 0.545 bits per heavy atom. The molecule has 0 amide bonds. The van der Waals surface area contributed by atoms with Crippen LogP contribution in [0.3, 0.4) is 0 Å². The molecule has 324 valence electrons. The number of carbonyl (C=O) groups excluding carboxylic acids is 2. The highest BCUT2D eigenvalue weighted by atomic mass is 31.2. The predicted molar refractivity (Wildman–Crippen MR) is 212 cm³/mol. The lowest BCUT2D eigenvalue weighted by Gasteiger charge is -2.41. The molecule has 14 heteroatoms. The zero-order valence-corrected chi connectivity index (χ0v) is 34.9. The van der Waals surface area contributed by atoms with Crippen molar-refractivity contribution in [3.05, 3.63) is 12.2 Å². The zero-order valence-electron chi connectivity index (χ0n) is 34.0. The molecular formula is C41H77O13P. The largest absolute Gasteiger partial charge is 0.472 e. The van der Waals surface area contributed by atoms with Gasteiger partial charge in [-0.3, -0.25) is 18.6 Å². The molecule has 1 fully saturated rings. The van der Waals surface area contributed by atoms with E-state index in [-0.39, 0.29) is 12.8 Å². The van der Waals surface area contributed by atoms with Crippen LogP contribution in [0.5, 0.6) is 0 Å². The molecule has 0 aromatic carbocycles. The van der Waals surface area contributed by atoms with E-state index in [2.05, 4.69) is 26.0 Å². The lowest BCUT2D eigenvalue weighted by molar-refractivity contribution is -0.220. The summed E-state index contributed by atoms with van der Waals surface area (Å²) in [6.45, 7) is 3.25. The van der Waals surface area contributed by atoms with Gasteiger partial charge in [0.05, 0.1) is 6.61 Å². The van der Waals surface area contributed by atoms with Gasteiger partial charge in [0.2, 0.25) is 0 Å². The van der Waals surface area contributed by atoms with E-state index in [1.54, 1.807) is 0 Å². The second kappa shape index (κ2) is 32.5. The highest BCUT2D eigenvalue weighted by Gasteiger charge is 2.51. The molecule has 0 aliphatic heterocycles. The van der Waals surface area contributed by atoms with E-state index >= 15 is 0 Å². The molecule has 1 saturated carbocycles. The summed E-state index contributed by atoms with van der Waals surface area (Å²) in [5.74, 6) is -1.10. The number of hydrogen-bond donors (Lipinski definition) is 6. The van der Waals surface area contributed by atoms with Crippen molar-refractivity contribution in [1.82, 2.24) is 0 Å². The smallest absolute Gasteiger partial charge is 0.462 e. The fraction of sp³-hybridized carbons (Fsp3) is 0.902. The molecule has 1 rings (SSSR count). The summed E-state index contributed by atoms with van der Waals surface area (Å²) in [4.78, 5) is 35.5. The minimum atomic E-state index is -5.11. The lowest BCUT2D eigenvalue weighted by atomic mass is 9.85. The van der Waals surface area contributed by atoms with Crippen LogP contribution in [0, 0.1) is 0 Å². The van der Waals surface area contributed by atoms with Crippen LogP contribution in [0.4, 0.5) is 0 Å². The Kier molecular flexibility index (Phi) is 30.5. The molecule has 0 radical (unpaired) electrons. The van der Waals surface area contributed by atoms with Gasteiger partial charge >= 0.3 is 19.8 Å². The summed E-state index contributed by atoms with van der Waals surface area (Å²) in [5.41, 5.74) is 0. The highest BCUT2D eigenvalue weighted by Crippen LogP contribution is 2.47. The van der Waals surface area contributed by atoms with Gasteiger partial charge in [0, 0.05) is 12.8 Å². The second-order valence-corrected chi connectivity index (χ2v) is 16.6. The van der Waals surface area contributed by atoms with Crippen molar-refractivity contribution in [3.63, 3.8) is 0 Å². The van der Waals surface area contributed by atoms with Gasteiger partial charge in [0.25, 0.3) is 0 Å². The van der Waals surface area contributed by atoms with Gasteiger partial charge < -0.3 is 39.9 Å². The number of aliphatic hydroxyl groups is 5. The van der Waals surface area contributed by atoms with Gasteiger partial charge in [-0.15, -0.1) is 0 Å². The van der Waals surface area contributed by atoms with Crippen molar-refractivity contribution in [1.29, 1.82) is 0 Å². The third kappa shape index (κ3) is 25.5. The molecule has 6 unspecified atom stereocenters. The Morgan fingerprint density at radius 3 is 1.38 bits per heavy atom. The number of ether oxygens (including phenoxy) is 2. The zero-order chi connectivity index (χ0) is 40.7. The molecule has 0 aromatic heterocycles. The van der Waals surface area contributed by atoms with E-state index in [9.17, 15) is 44.6 Å². The minimum Gasteiger partial charge on any atom is -0.462 e. The van der Waals surface area contributed by atoms with E-state index in [4.69, 9.17) is 18.5 Å². The van der Waals surface area contributed by atoms with Crippen LogP contribution in [-0.4, -0.2) is 98.3 Å². The second-order valence-electron chi connectivity index (χ2n) is 15.2. The molecule has 13 nitrogen and oxygen atoms in total. The van der Waals surface area contributed by atoms with Crippen LogP contribution in [0.2, 0.25) is 0 Å². The number of carbonyl (C=O) groups is 2. The van der Waals surface area contributed by atoms with E-state index in [1.807, 2.05) is 0 Å². The SMILES string of the molecule is CCCCCCCC/C=C\CCCCCCCCCC(=O)O[C@H](COC(=O)CCCCCCCCCCC)COP(=O)(O)OC1C(O)C(O)C(O)[C@@H](O)C1O. The van der Waals surface area contributed by atoms with E-state index in [1.165, 1.54) is 89.9 Å². The third-order valence-electron chi connectivity index (χ3n) is 10.1. The quantitative estimate of drug-likeness (QED) is 0.0159. The number of esters is 2. The number of unbranched alkanes of at least 4 members (excludes halogenated alkanes) is 21. The van der Waals surface area contributed by atoms with Gasteiger partial charge in [0.1, 0.15) is 43.2 Å². The molecular weight excluding hydrogens is 731 g/mol. The number of aliphatic hydroxyl groups excluding tert-OH is 5. The van der Waals surface area contributed by atoms with Gasteiger partial charge in [-0.25, -0.2) is 4.57 Å². The fourth-order valence-electron chi connectivity index (χ4n) is 6.58. The first-order valence-corrected chi connectivity index (χ1v) is 23.0. The summed E-state index contributed by atoms with van der Waals surface area (Å²) in [6.07, 6.45) is 18.6. The molecule has 0 aromatic rings. The maximum atomic E-state index is 12.8. The standard InChI is InChI=1S/C41H77O13P/c1-3-5-7-9-11-13-14-15-16-17-18-19-20-22-24-26-28-30-35(43)53-33(31-51-34(42)29-27-25-23-21-12-10-8-6-4-2)32-52-55(49,50)54-41-39(47)37(45)36(44)38(46)40(41)48/h15-16,33,36-41,44-48H,3-14,17-32H2,1-2H3,(H,49,50)/b16-15-/t33-,36?,37-,38?,39?,40?,41?/m1/s1. The first-order chi connectivity index (χ1) is 26.4. The van der Waals surface area contributed by atoms with Crippen LogP contribution in [0.15, 0.2) is 12.2 Å². The van der Waals surface area contributed by atoms with Crippen LogP contribution < -0.4 is 0 Å². The molecule has 0 saturated heterocycles. The summed E-state index contributed by atoms with van der Waals surface area (Å²) in [7, 11) is -5.11. The molecule has 1 aliphatic carbocycles. The average Bonchev–Trinajstić information content (AvgIpc) is 3.16. The number of phosphoric acid groups is 1. The summed E-state index contributed by atoms with van der Waals surface area (Å²) in [6, 6.07) is 0. The van der Waals surface area contributed by atoms with Crippen LogP contribution in [-0.2, 0) is 32.7 Å². The Hall–Kier alpha value is -1.41. The van der Waals surface area contributed by atoms with Crippen LogP contribution in [0.1, 0.15) is 181 Å². The lowest BCUT2D eigenvalue weighted by Crippen LogP contribution is -2.64.